The van der Waals surface area contributed by atoms with Gasteiger partial charge in [0.1, 0.15) is 11.6 Å². The normalized spacial score (nSPS) is 28.2. The second-order valence-electron chi connectivity index (χ2n) is 5.82. The maximum absolute atomic E-state index is 12.4. The maximum Gasteiger partial charge on any atom is 0.248 e. The summed E-state index contributed by atoms with van der Waals surface area (Å²) in [5, 5.41) is 2.83. The number of carbonyl (C=O) groups is 2. The van der Waals surface area contributed by atoms with Gasteiger partial charge in [0.05, 0.1) is 0 Å². The van der Waals surface area contributed by atoms with Crippen LogP contribution in [0.3, 0.4) is 0 Å². The van der Waals surface area contributed by atoms with E-state index in [0.29, 0.717) is 5.92 Å². The van der Waals surface area contributed by atoms with Crippen molar-refractivity contribution in [3.63, 3.8) is 0 Å². The molecule has 0 spiro atoms. The molecule has 2 rings (SSSR count). The number of amides is 2. The SMILES string of the molecule is CCCC1C(=O)NC(C)(C)C(=O)N1CC1CC1. The lowest BCUT2D eigenvalue weighted by molar-refractivity contribution is -0.154. The minimum Gasteiger partial charge on any atom is -0.340 e. The second kappa shape index (κ2) is 4.31. The van der Waals surface area contributed by atoms with E-state index in [1.165, 1.54) is 12.8 Å². The standard InChI is InChI=1S/C13H22N2O2/c1-4-5-10-11(16)14-13(2,3)12(17)15(10)8-9-6-7-9/h9-10H,4-8H2,1-3H3,(H,14,16). The molecule has 1 heterocycles. The average Bonchev–Trinajstić information content (AvgIpc) is 3.03. The molecule has 1 atom stereocenters. The fraction of sp³-hybridized carbons (Fsp3) is 0.846. The van der Waals surface area contributed by atoms with E-state index >= 15 is 0 Å². The Morgan fingerprint density at radius 1 is 1.35 bits per heavy atom. The zero-order chi connectivity index (χ0) is 12.6. The number of piperazine rings is 1. The minimum atomic E-state index is -0.740. The predicted molar refractivity (Wildman–Crippen MR) is 65.4 cm³/mol. The summed E-state index contributed by atoms with van der Waals surface area (Å²) >= 11 is 0. The fourth-order valence-electron chi connectivity index (χ4n) is 2.44. The number of nitrogens with one attached hydrogen (secondary N) is 1. The summed E-state index contributed by atoms with van der Waals surface area (Å²) in [6.07, 6.45) is 4.09. The van der Waals surface area contributed by atoms with Gasteiger partial charge in [-0.05, 0) is 39.0 Å². The van der Waals surface area contributed by atoms with Crippen molar-refractivity contribution in [1.82, 2.24) is 10.2 Å². The van der Waals surface area contributed by atoms with Crippen molar-refractivity contribution in [2.24, 2.45) is 5.92 Å². The Morgan fingerprint density at radius 3 is 2.53 bits per heavy atom. The van der Waals surface area contributed by atoms with E-state index in [2.05, 4.69) is 5.32 Å². The van der Waals surface area contributed by atoms with Crippen molar-refractivity contribution in [2.75, 3.05) is 6.54 Å². The first-order valence-electron chi connectivity index (χ1n) is 6.59. The molecular weight excluding hydrogens is 216 g/mol. The summed E-state index contributed by atoms with van der Waals surface area (Å²) in [5.74, 6) is 0.708. The smallest absolute Gasteiger partial charge is 0.248 e. The zero-order valence-corrected chi connectivity index (χ0v) is 11.0. The van der Waals surface area contributed by atoms with Crippen LogP contribution in [0.5, 0.6) is 0 Å². The third-order valence-corrected chi connectivity index (χ3v) is 3.62. The van der Waals surface area contributed by atoms with Crippen molar-refractivity contribution in [3.05, 3.63) is 0 Å². The molecular formula is C13H22N2O2. The molecule has 1 unspecified atom stereocenters. The first kappa shape index (κ1) is 12.4. The van der Waals surface area contributed by atoms with E-state index in [1.54, 1.807) is 13.8 Å². The van der Waals surface area contributed by atoms with Gasteiger partial charge in [-0.3, -0.25) is 9.59 Å². The molecule has 1 N–H and O–H groups in total. The highest BCUT2D eigenvalue weighted by molar-refractivity contribution is 5.99. The molecule has 17 heavy (non-hydrogen) atoms. The summed E-state index contributed by atoms with van der Waals surface area (Å²) in [7, 11) is 0. The minimum absolute atomic E-state index is 0.0112. The Kier molecular flexibility index (Phi) is 3.15. The third-order valence-electron chi connectivity index (χ3n) is 3.62. The molecule has 2 amide bonds. The highest BCUT2D eigenvalue weighted by atomic mass is 16.2. The summed E-state index contributed by atoms with van der Waals surface area (Å²) in [6.45, 7) is 6.39. The van der Waals surface area contributed by atoms with E-state index < -0.39 is 5.54 Å². The molecule has 0 aromatic rings. The molecule has 4 heteroatoms. The monoisotopic (exact) mass is 238 g/mol. The first-order valence-corrected chi connectivity index (χ1v) is 6.59. The van der Waals surface area contributed by atoms with Crippen LogP contribution in [0.1, 0.15) is 46.5 Å². The molecule has 0 aromatic carbocycles. The second-order valence-corrected chi connectivity index (χ2v) is 5.82. The van der Waals surface area contributed by atoms with E-state index in [9.17, 15) is 9.59 Å². The van der Waals surface area contributed by atoms with Gasteiger partial charge in [0, 0.05) is 6.54 Å². The maximum atomic E-state index is 12.4. The van der Waals surface area contributed by atoms with Gasteiger partial charge in [-0.25, -0.2) is 0 Å². The van der Waals surface area contributed by atoms with Crippen LogP contribution >= 0.6 is 0 Å². The summed E-state index contributed by atoms with van der Waals surface area (Å²) in [5.41, 5.74) is -0.740. The Bertz CT molecular complexity index is 334. The van der Waals surface area contributed by atoms with Crippen molar-refractivity contribution in [2.45, 2.75) is 58.0 Å². The van der Waals surface area contributed by atoms with Gasteiger partial charge in [-0.15, -0.1) is 0 Å². The van der Waals surface area contributed by atoms with Crippen molar-refractivity contribution in [1.29, 1.82) is 0 Å². The average molecular weight is 238 g/mol. The van der Waals surface area contributed by atoms with E-state index in [0.717, 1.165) is 19.4 Å². The van der Waals surface area contributed by atoms with Gasteiger partial charge in [0.15, 0.2) is 0 Å². The summed E-state index contributed by atoms with van der Waals surface area (Å²) in [6, 6.07) is -0.249. The molecule has 1 aliphatic carbocycles. The van der Waals surface area contributed by atoms with Crippen LogP contribution in [0.4, 0.5) is 0 Å². The molecule has 96 valence electrons. The Labute approximate surface area is 103 Å². The molecule has 0 bridgehead atoms. The molecule has 1 saturated heterocycles. The zero-order valence-electron chi connectivity index (χ0n) is 11.0. The van der Waals surface area contributed by atoms with Crippen LogP contribution in [0, 0.1) is 5.92 Å². The van der Waals surface area contributed by atoms with Crippen LogP contribution in [0.15, 0.2) is 0 Å². The molecule has 0 aromatic heterocycles. The number of carbonyl (C=O) groups excluding carboxylic acids is 2. The van der Waals surface area contributed by atoms with Crippen molar-refractivity contribution in [3.8, 4) is 0 Å². The molecule has 2 aliphatic rings. The van der Waals surface area contributed by atoms with Crippen LogP contribution in [0.2, 0.25) is 0 Å². The van der Waals surface area contributed by atoms with E-state index in [1.807, 2.05) is 11.8 Å². The lowest BCUT2D eigenvalue weighted by Crippen LogP contribution is -2.68. The summed E-state index contributed by atoms with van der Waals surface area (Å²) < 4.78 is 0. The van der Waals surface area contributed by atoms with Crippen molar-refractivity contribution < 1.29 is 9.59 Å². The largest absolute Gasteiger partial charge is 0.340 e. The number of rotatable bonds is 4. The fourth-order valence-corrected chi connectivity index (χ4v) is 2.44. The van der Waals surface area contributed by atoms with Crippen LogP contribution < -0.4 is 5.32 Å². The van der Waals surface area contributed by atoms with Crippen LogP contribution in [-0.2, 0) is 9.59 Å². The predicted octanol–water partition coefficient (Wildman–Crippen LogP) is 1.30. The highest BCUT2D eigenvalue weighted by Gasteiger charge is 2.46. The van der Waals surface area contributed by atoms with E-state index in [4.69, 9.17) is 0 Å². The third kappa shape index (κ3) is 2.45. The lowest BCUT2D eigenvalue weighted by Gasteiger charge is -2.43. The number of hydrogen-bond donors (Lipinski definition) is 1. The summed E-state index contributed by atoms with van der Waals surface area (Å²) in [4.78, 5) is 26.2. The Morgan fingerprint density at radius 2 is 2.00 bits per heavy atom. The van der Waals surface area contributed by atoms with Crippen LogP contribution in [0.25, 0.3) is 0 Å². The molecule has 0 radical (unpaired) electrons. The van der Waals surface area contributed by atoms with Crippen LogP contribution in [-0.4, -0.2) is 34.8 Å². The molecule has 4 nitrogen and oxygen atoms in total. The lowest BCUT2D eigenvalue weighted by atomic mass is 9.94. The van der Waals surface area contributed by atoms with Gasteiger partial charge in [0.25, 0.3) is 0 Å². The number of hydrogen-bond acceptors (Lipinski definition) is 2. The van der Waals surface area contributed by atoms with Gasteiger partial charge in [0.2, 0.25) is 11.8 Å². The molecule has 2 fully saturated rings. The first-order chi connectivity index (χ1) is 7.95. The van der Waals surface area contributed by atoms with Gasteiger partial charge < -0.3 is 10.2 Å². The van der Waals surface area contributed by atoms with Crippen molar-refractivity contribution >= 4 is 11.8 Å². The topological polar surface area (TPSA) is 49.4 Å². The highest BCUT2D eigenvalue weighted by Crippen LogP contribution is 2.32. The Hall–Kier alpha value is -1.06. The van der Waals surface area contributed by atoms with E-state index in [-0.39, 0.29) is 17.9 Å². The molecule has 1 aliphatic heterocycles. The van der Waals surface area contributed by atoms with Gasteiger partial charge in [-0.1, -0.05) is 13.3 Å². The van der Waals surface area contributed by atoms with Gasteiger partial charge in [-0.2, -0.15) is 0 Å². The Balaban J connectivity index is 2.17. The quantitative estimate of drug-likeness (QED) is 0.802. The molecule has 1 saturated carbocycles. The van der Waals surface area contributed by atoms with Gasteiger partial charge >= 0.3 is 0 Å². The number of nitrogens with zero attached hydrogens (tertiary/aromatic N) is 1.